The summed E-state index contributed by atoms with van der Waals surface area (Å²) in [6, 6.07) is 28.6. The molecule has 2 atom stereocenters. The van der Waals surface area contributed by atoms with Crippen LogP contribution in [0.4, 0.5) is 0 Å². The van der Waals surface area contributed by atoms with Crippen LogP contribution in [0.5, 0.6) is 0 Å². The molecule has 3 N–H and O–H groups in total. The van der Waals surface area contributed by atoms with Gasteiger partial charge in [0.2, 0.25) is 5.91 Å². The number of benzene rings is 3. The second-order valence-corrected chi connectivity index (χ2v) is 11.5. The van der Waals surface area contributed by atoms with Crippen molar-refractivity contribution < 1.29 is 9.59 Å². The Morgan fingerprint density at radius 3 is 2.15 bits per heavy atom. The van der Waals surface area contributed by atoms with E-state index in [0.717, 1.165) is 50.8 Å². The Morgan fingerprint density at radius 1 is 0.875 bits per heavy atom. The predicted molar refractivity (Wildman–Crippen MR) is 160 cm³/mol. The fourth-order valence-electron chi connectivity index (χ4n) is 6.10. The molecular formula is C34H42N4O2. The van der Waals surface area contributed by atoms with Gasteiger partial charge in [0.25, 0.3) is 5.91 Å². The fraction of sp³-hybridized carbons (Fsp3) is 0.412. The van der Waals surface area contributed by atoms with Gasteiger partial charge in [-0.05, 0) is 68.7 Å². The van der Waals surface area contributed by atoms with Crippen molar-refractivity contribution in [2.75, 3.05) is 13.1 Å². The normalized spacial score (nSPS) is 22.8. The van der Waals surface area contributed by atoms with Gasteiger partial charge in [-0.2, -0.15) is 0 Å². The summed E-state index contributed by atoms with van der Waals surface area (Å²) in [5.41, 5.74) is 10.4. The number of likely N-dealkylation sites (tertiary alicyclic amines) is 1. The van der Waals surface area contributed by atoms with E-state index in [1.165, 1.54) is 11.1 Å². The summed E-state index contributed by atoms with van der Waals surface area (Å²) in [5.74, 6) is -0.109. The van der Waals surface area contributed by atoms with E-state index < -0.39 is 6.04 Å². The summed E-state index contributed by atoms with van der Waals surface area (Å²) < 4.78 is 0. The van der Waals surface area contributed by atoms with E-state index in [-0.39, 0.29) is 29.9 Å². The fourth-order valence-corrected chi connectivity index (χ4v) is 6.10. The topological polar surface area (TPSA) is 78.7 Å². The van der Waals surface area contributed by atoms with Crippen LogP contribution < -0.4 is 11.1 Å². The molecule has 0 bridgehead atoms. The van der Waals surface area contributed by atoms with Gasteiger partial charge in [0.15, 0.2) is 0 Å². The van der Waals surface area contributed by atoms with Gasteiger partial charge in [0, 0.05) is 43.3 Å². The number of carbonyl (C=O) groups excluding carboxylic acids is 2. The molecule has 3 aromatic rings. The Balaban J connectivity index is 1.37. The van der Waals surface area contributed by atoms with E-state index >= 15 is 0 Å². The van der Waals surface area contributed by atoms with Crippen molar-refractivity contribution in [1.82, 2.24) is 15.1 Å². The van der Waals surface area contributed by atoms with Gasteiger partial charge in [-0.3, -0.25) is 14.5 Å². The average molecular weight is 539 g/mol. The number of amides is 2. The maximum atomic E-state index is 13.8. The van der Waals surface area contributed by atoms with Crippen molar-refractivity contribution in [1.29, 1.82) is 0 Å². The Bertz CT molecular complexity index is 1240. The minimum Gasteiger partial charge on any atom is -0.352 e. The van der Waals surface area contributed by atoms with Gasteiger partial charge in [-0.25, -0.2) is 0 Å². The van der Waals surface area contributed by atoms with E-state index in [4.69, 9.17) is 5.73 Å². The van der Waals surface area contributed by atoms with Crippen molar-refractivity contribution in [3.05, 3.63) is 107 Å². The van der Waals surface area contributed by atoms with Gasteiger partial charge in [0.05, 0.1) is 0 Å². The lowest BCUT2D eigenvalue weighted by molar-refractivity contribution is -0.125. The third-order valence-corrected chi connectivity index (χ3v) is 8.53. The van der Waals surface area contributed by atoms with Crippen molar-refractivity contribution in [2.45, 2.75) is 76.2 Å². The van der Waals surface area contributed by atoms with Crippen molar-refractivity contribution in [3.63, 3.8) is 0 Å². The highest BCUT2D eigenvalue weighted by atomic mass is 16.2. The van der Waals surface area contributed by atoms with E-state index in [9.17, 15) is 9.59 Å². The van der Waals surface area contributed by atoms with Crippen LogP contribution in [-0.4, -0.2) is 58.9 Å². The van der Waals surface area contributed by atoms with E-state index in [0.29, 0.717) is 18.5 Å². The number of hydrogen-bond acceptors (Lipinski definition) is 4. The largest absolute Gasteiger partial charge is 0.352 e. The molecule has 0 radical (unpaired) electrons. The smallest absolute Gasteiger partial charge is 0.254 e. The number of nitrogens with two attached hydrogens (primary N) is 1. The molecule has 0 spiro atoms. The quantitative estimate of drug-likeness (QED) is 0.414. The van der Waals surface area contributed by atoms with E-state index in [2.05, 4.69) is 58.7 Å². The average Bonchev–Trinajstić information content (AvgIpc) is 3.43. The zero-order valence-electron chi connectivity index (χ0n) is 23.5. The van der Waals surface area contributed by atoms with E-state index in [1.54, 1.807) is 0 Å². The first-order valence-electron chi connectivity index (χ1n) is 14.7. The van der Waals surface area contributed by atoms with Crippen LogP contribution in [0.2, 0.25) is 0 Å². The lowest BCUT2D eigenvalue weighted by Crippen LogP contribution is -2.50. The highest BCUT2D eigenvalue weighted by Crippen LogP contribution is 2.27. The number of nitrogens with one attached hydrogen (secondary N) is 1. The highest BCUT2D eigenvalue weighted by Gasteiger charge is 2.42. The van der Waals surface area contributed by atoms with Crippen molar-refractivity contribution in [3.8, 4) is 0 Å². The first kappa shape index (κ1) is 28.1. The zero-order valence-corrected chi connectivity index (χ0v) is 23.5. The molecule has 2 fully saturated rings. The molecule has 2 aliphatic rings. The second kappa shape index (κ2) is 13.2. The molecule has 1 saturated heterocycles. The molecule has 3 aromatic carbocycles. The molecule has 1 aliphatic heterocycles. The Labute approximate surface area is 238 Å². The minimum atomic E-state index is -0.496. The molecule has 0 aromatic heterocycles. The molecule has 2 unspecified atom stereocenters. The molecule has 6 nitrogen and oxygen atoms in total. The first-order valence-corrected chi connectivity index (χ1v) is 14.7. The van der Waals surface area contributed by atoms with E-state index in [1.807, 2.05) is 48.2 Å². The van der Waals surface area contributed by atoms with Crippen LogP contribution in [0.15, 0.2) is 84.9 Å². The maximum absolute atomic E-state index is 13.8. The molecule has 210 valence electrons. The molecular weight excluding hydrogens is 496 g/mol. The van der Waals surface area contributed by atoms with Gasteiger partial charge in [-0.15, -0.1) is 0 Å². The predicted octanol–water partition coefficient (Wildman–Crippen LogP) is 4.71. The molecule has 1 saturated carbocycles. The zero-order chi connectivity index (χ0) is 27.9. The minimum absolute atomic E-state index is 0.0360. The summed E-state index contributed by atoms with van der Waals surface area (Å²) in [6.45, 7) is 4.17. The molecule has 40 heavy (non-hydrogen) atoms. The van der Waals surface area contributed by atoms with Gasteiger partial charge >= 0.3 is 0 Å². The van der Waals surface area contributed by atoms with Crippen molar-refractivity contribution in [2.24, 2.45) is 5.73 Å². The Hall–Kier alpha value is -3.48. The third-order valence-electron chi connectivity index (χ3n) is 8.53. The van der Waals surface area contributed by atoms with Gasteiger partial charge in [-0.1, -0.05) is 78.4 Å². The van der Waals surface area contributed by atoms with Crippen LogP contribution in [0, 0.1) is 6.92 Å². The van der Waals surface area contributed by atoms with Crippen molar-refractivity contribution >= 4 is 11.8 Å². The number of rotatable bonds is 9. The lowest BCUT2D eigenvalue weighted by Gasteiger charge is -2.30. The Kier molecular flexibility index (Phi) is 9.30. The standard InChI is InChI=1S/C34H42N4O2/c1-25-12-14-28(15-13-25)34(40)38-24-31(22-32(38)33(39)36-30-18-16-29(35)17-19-30)37(23-27-10-6-3-7-11-27)21-20-26-8-4-2-5-9-26/h2-15,29-32H,16-24,35H2,1H3,(H,36,39). The van der Waals surface area contributed by atoms with Crippen LogP contribution >= 0.6 is 0 Å². The van der Waals surface area contributed by atoms with Crippen LogP contribution in [-0.2, 0) is 17.8 Å². The molecule has 2 amide bonds. The molecule has 1 aliphatic carbocycles. The van der Waals surface area contributed by atoms with Gasteiger partial charge in [0.1, 0.15) is 6.04 Å². The second-order valence-electron chi connectivity index (χ2n) is 11.5. The third kappa shape index (κ3) is 7.18. The van der Waals surface area contributed by atoms with Crippen LogP contribution in [0.1, 0.15) is 59.2 Å². The summed E-state index contributed by atoms with van der Waals surface area (Å²) >= 11 is 0. The maximum Gasteiger partial charge on any atom is 0.254 e. The van der Waals surface area contributed by atoms with Gasteiger partial charge < -0.3 is 16.0 Å². The highest BCUT2D eigenvalue weighted by molar-refractivity contribution is 5.98. The lowest BCUT2D eigenvalue weighted by atomic mass is 9.91. The number of carbonyl (C=O) groups is 2. The van der Waals surface area contributed by atoms with Crippen LogP contribution in [0.3, 0.4) is 0 Å². The molecule has 5 rings (SSSR count). The number of aryl methyl sites for hydroxylation is 1. The molecule has 1 heterocycles. The SMILES string of the molecule is Cc1ccc(C(=O)N2CC(N(CCc3ccccc3)Cc3ccccc3)CC2C(=O)NC2CCC(N)CC2)cc1. The van der Waals surface area contributed by atoms with Crippen LogP contribution in [0.25, 0.3) is 0 Å². The number of nitrogens with zero attached hydrogens (tertiary/aromatic N) is 2. The summed E-state index contributed by atoms with van der Waals surface area (Å²) in [6.07, 6.45) is 5.17. The monoisotopic (exact) mass is 538 g/mol. The first-order chi connectivity index (χ1) is 19.5. The molecule has 6 heteroatoms. The summed E-state index contributed by atoms with van der Waals surface area (Å²) in [4.78, 5) is 31.9. The Morgan fingerprint density at radius 2 is 1.50 bits per heavy atom. The number of hydrogen-bond donors (Lipinski definition) is 2. The summed E-state index contributed by atoms with van der Waals surface area (Å²) in [5, 5.41) is 3.29. The summed E-state index contributed by atoms with van der Waals surface area (Å²) in [7, 11) is 0.